The van der Waals surface area contributed by atoms with E-state index in [9.17, 15) is 26.4 Å². The fraction of sp³-hybridized carbons (Fsp3) is 0.333. The van der Waals surface area contributed by atoms with Crippen molar-refractivity contribution in [1.82, 2.24) is 9.71 Å². The number of carbonyl (C=O) groups excluding carboxylic acids is 1. The Morgan fingerprint density at radius 1 is 1.04 bits per heavy atom. The lowest BCUT2D eigenvalue weighted by Crippen LogP contribution is -2.40. The van der Waals surface area contributed by atoms with Gasteiger partial charge in [-0.25, -0.2) is 18.1 Å². The highest BCUT2D eigenvalue weighted by molar-refractivity contribution is 7.89. The van der Waals surface area contributed by atoms with Gasteiger partial charge in [-0.05, 0) is 52.0 Å². The van der Waals surface area contributed by atoms with Crippen molar-refractivity contribution in [3.63, 3.8) is 0 Å². The fourth-order valence-electron chi connectivity index (χ4n) is 2.41. The van der Waals surface area contributed by atoms with Crippen LogP contribution in [0.1, 0.15) is 42.5 Å². The van der Waals surface area contributed by atoms with Crippen LogP contribution in [0.5, 0.6) is 0 Å². The van der Waals surface area contributed by atoms with Gasteiger partial charge in [0.1, 0.15) is 10.6 Å². The predicted molar refractivity (Wildman–Crippen MR) is 98.4 cm³/mol. The molecule has 2 N–H and O–H groups in total. The molecular formula is C18H20F3N3O3S. The maximum atomic E-state index is 12.7. The molecule has 0 spiro atoms. The molecule has 2 aromatic rings. The van der Waals surface area contributed by atoms with Gasteiger partial charge in [-0.1, -0.05) is 12.1 Å². The van der Waals surface area contributed by atoms with Crippen LogP contribution >= 0.6 is 0 Å². The maximum Gasteiger partial charge on any atom is 0.433 e. The molecule has 1 aromatic heterocycles. The average molecular weight is 415 g/mol. The van der Waals surface area contributed by atoms with Crippen LogP contribution in [0, 0.1) is 6.92 Å². The fourth-order valence-corrected chi connectivity index (χ4v) is 3.99. The number of nitrogens with zero attached hydrogens (tertiary/aromatic N) is 1. The molecule has 10 heteroatoms. The van der Waals surface area contributed by atoms with Crippen LogP contribution < -0.4 is 10.0 Å². The van der Waals surface area contributed by atoms with Crippen molar-refractivity contribution >= 4 is 21.6 Å². The molecule has 0 aliphatic heterocycles. The van der Waals surface area contributed by atoms with E-state index in [4.69, 9.17) is 0 Å². The molecule has 28 heavy (non-hydrogen) atoms. The van der Waals surface area contributed by atoms with Crippen molar-refractivity contribution in [2.75, 3.05) is 5.32 Å². The highest BCUT2D eigenvalue weighted by Gasteiger charge is 2.33. The summed E-state index contributed by atoms with van der Waals surface area (Å²) in [6, 6.07) is 7.45. The van der Waals surface area contributed by atoms with Gasteiger partial charge in [0.2, 0.25) is 10.0 Å². The first kappa shape index (κ1) is 21.8. The van der Waals surface area contributed by atoms with Crippen molar-refractivity contribution in [1.29, 1.82) is 0 Å². The number of benzene rings is 1. The van der Waals surface area contributed by atoms with Crippen molar-refractivity contribution < 1.29 is 26.4 Å². The second-order valence-electron chi connectivity index (χ2n) is 7.13. The molecule has 0 fully saturated rings. The van der Waals surface area contributed by atoms with Crippen LogP contribution in [0.15, 0.2) is 41.3 Å². The lowest BCUT2D eigenvalue weighted by Gasteiger charge is -2.21. The third-order valence-electron chi connectivity index (χ3n) is 3.49. The summed E-state index contributed by atoms with van der Waals surface area (Å²) in [5.74, 6) is -0.767. The second kappa shape index (κ2) is 7.51. The first-order valence-electron chi connectivity index (χ1n) is 8.20. The first-order valence-corrected chi connectivity index (χ1v) is 9.68. The minimum atomic E-state index is -4.63. The normalized spacial score (nSPS) is 12.7. The van der Waals surface area contributed by atoms with Gasteiger partial charge >= 0.3 is 6.18 Å². The molecule has 0 aliphatic rings. The Bertz CT molecular complexity index is 997. The largest absolute Gasteiger partial charge is 0.433 e. The Kier molecular flexibility index (Phi) is 5.86. The molecule has 152 valence electrons. The highest BCUT2D eigenvalue weighted by atomic mass is 32.2. The SMILES string of the molecule is Cc1nc(C(F)(F)F)ccc1C(=O)Nc1ccccc1S(=O)(=O)NC(C)(C)C. The number of halogens is 3. The molecule has 0 radical (unpaired) electrons. The highest BCUT2D eigenvalue weighted by Crippen LogP contribution is 2.28. The standard InChI is InChI=1S/C18H20F3N3O3S/c1-11-12(9-10-15(22-11)18(19,20)21)16(25)23-13-7-5-6-8-14(13)28(26,27)24-17(2,3)4/h5-10,24H,1-4H3,(H,23,25). The molecule has 1 aromatic carbocycles. The summed E-state index contributed by atoms with van der Waals surface area (Å²) in [5.41, 5.74) is -2.07. The molecule has 1 heterocycles. The van der Waals surface area contributed by atoms with Gasteiger partial charge < -0.3 is 5.32 Å². The average Bonchev–Trinajstić information content (AvgIpc) is 2.51. The number of nitrogens with one attached hydrogen (secondary N) is 2. The van der Waals surface area contributed by atoms with E-state index in [0.29, 0.717) is 6.07 Å². The van der Waals surface area contributed by atoms with Crippen LogP contribution in [0.2, 0.25) is 0 Å². The zero-order valence-electron chi connectivity index (χ0n) is 15.7. The molecule has 0 aliphatic carbocycles. The number of anilines is 1. The number of carbonyl (C=O) groups is 1. The van der Waals surface area contributed by atoms with Gasteiger partial charge in [-0.15, -0.1) is 0 Å². The van der Waals surface area contributed by atoms with E-state index >= 15 is 0 Å². The lowest BCUT2D eigenvalue weighted by molar-refractivity contribution is -0.141. The molecule has 0 atom stereocenters. The van der Waals surface area contributed by atoms with Crippen LogP contribution in [0.3, 0.4) is 0 Å². The maximum absolute atomic E-state index is 12.7. The third kappa shape index (κ3) is 5.29. The van der Waals surface area contributed by atoms with Gasteiger partial charge in [0.05, 0.1) is 16.9 Å². The number of alkyl halides is 3. The number of aromatic nitrogens is 1. The Labute approximate surface area is 161 Å². The Hall–Kier alpha value is -2.46. The predicted octanol–water partition coefficient (Wildman–Crippen LogP) is 3.74. The van der Waals surface area contributed by atoms with Crippen molar-refractivity contribution in [2.24, 2.45) is 0 Å². The van der Waals surface area contributed by atoms with Gasteiger partial charge in [0, 0.05) is 5.54 Å². The number of pyridine rings is 1. The van der Waals surface area contributed by atoms with E-state index in [-0.39, 0.29) is 21.8 Å². The van der Waals surface area contributed by atoms with Crippen LogP contribution in [-0.2, 0) is 16.2 Å². The zero-order chi connectivity index (χ0) is 21.3. The molecule has 0 saturated heterocycles. The minimum absolute atomic E-state index is 0.00329. The Morgan fingerprint density at radius 2 is 1.64 bits per heavy atom. The van der Waals surface area contributed by atoms with Gasteiger partial charge in [0.25, 0.3) is 5.91 Å². The van der Waals surface area contributed by atoms with Gasteiger partial charge in [-0.2, -0.15) is 13.2 Å². The summed E-state index contributed by atoms with van der Waals surface area (Å²) in [5, 5.41) is 2.44. The number of sulfonamides is 1. The van der Waals surface area contributed by atoms with Gasteiger partial charge in [0.15, 0.2) is 0 Å². The van der Waals surface area contributed by atoms with Crippen LogP contribution in [0.4, 0.5) is 18.9 Å². The van der Waals surface area contributed by atoms with E-state index in [1.807, 2.05) is 0 Å². The van der Waals surface area contributed by atoms with Crippen molar-refractivity contribution in [3.8, 4) is 0 Å². The molecule has 0 saturated carbocycles. The van der Waals surface area contributed by atoms with E-state index in [0.717, 1.165) is 6.07 Å². The van der Waals surface area contributed by atoms with E-state index < -0.39 is 33.3 Å². The number of aryl methyl sites for hydroxylation is 1. The lowest BCUT2D eigenvalue weighted by atomic mass is 10.1. The summed E-state index contributed by atoms with van der Waals surface area (Å²) in [4.78, 5) is 15.8. The van der Waals surface area contributed by atoms with Crippen molar-refractivity contribution in [2.45, 2.75) is 44.3 Å². The third-order valence-corrected chi connectivity index (χ3v) is 5.30. The smallest absolute Gasteiger partial charge is 0.321 e. The summed E-state index contributed by atoms with van der Waals surface area (Å²) < 4.78 is 65.9. The summed E-state index contributed by atoms with van der Waals surface area (Å²) in [6.45, 7) is 6.28. The monoisotopic (exact) mass is 415 g/mol. The van der Waals surface area contributed by atoms with Crippen LogP contribution in [0.25, 0.3) is 0 Å². The Balaban J connectivity index is 2.36. The molecule has 0 unspecified atom stereocenters. The number of hydrogen-bond donors (Lipinski definition) is 2. The van der Waals surface area contributed by atoms with Gasteiger partial charge in [-0.3, -0.25) is 4.79 Å². The molecular weight excluding hydrogens is 395 g/mol. The van der Waals surface area contributed by atoms with Crippen LogP contribution in [-0.4, -0.2) is 24.8 Å². The first-order chi connectivity index (χ1) is 12.7. The van der Waals surface area contributed by atoms with Crippen molar-refractivity contribution in [3.05, 3.63) is 53.3 Å². The van der Waals surface area contributed by atoms with E-state index in [2.05, 4.69) is 15.0 Å². The number of hydrogen-bond acceptors (Lipinski definition) is 4. The number of amides is 1. The molecule has 6 nitrogen and oxygen atoms in total. The summed E-state index contributed by atoms with van der Waals surface area (Å²) in [6.07, 6.45) is -4.63. The quantitative estimate of drug-likeness (QED) is 0.796. The topological polar surface area (TPSA) is 88.2 Å². The molecule has 2 rings (SSSR count). The number of rotatable bonds is 4. The van der Waals surface area contributed by atoms with E-state index in [1.54, 1.807) is 20.8 Å². The minimum Gasteiger partial charge on any atom is -0.321 e. The second-order valence-corrected chi connectivity index (χ2v) is 8.78. The van der Waals surface area contributed by atoms with E-state index in [1.165, 1.54) is 31.2 Å². The Morgan fingerprint density at radius 3 is 2.18 bits per heavy atom. The summed E-state index contributed by atoms with van der Waals surface area (Å²) >= 11 is 0. The zero-order valence-corrected chi connectivity index (χ0v) is 16.5. The number of para-hydroxylation sites is 1. The summed E-state index contributed by atoms with van der Waals surface area (Å²) in [7, 11) is -3.94. The molecule has 0 bridgehead atoms. The molecule has 1 amide bonds.